The molecular formula is C12H19NO2. The minimum Gasteiger partial charge on any atom is -0.399 e. The lowest BCUT2D eigenvalue weighted by Gasteiger charge is -2.04. The number of nitrogen functional groups attached to an aromatic ring is 1. The van der Waals surface area contributed by atoms with Crippen molar-refractivity contribution in [3.05, 3.63) is 29.8 Å². The third kappa shape index (κ3) is 5.40. The summed E-state index contributed by atoms with van der Waals surface area (Å²) in [5, 5.41) is 0. The molecule has 0 radical (unpaired) electrons. The van der Waals surface area contributed by atoms with Gasteiger partial charge in [-0.05, 0) is 30.5 Å². The Kier molecular flexibility index (Phi) is 5.81. The van der Waals surface area contributed by atoms with E-state index in [9.17, 15) is 0 Å². The Morgan fingerprint density at radius 1 is 1.07 bits per heavy atom. The van der Waals surface area contributed by atoms with Gasteiger partial charge in [0.2, 0.25) is 0 Å². The number of methoxy groups -OCH3 is 1. The highest BCUT2D eigenvalue weighted by atomic mass is 16.5. The van der Waals surface area contributed by atoms with Crippen molar-refractivity contribution < 1.29 is 9.47 Å². The Morgan fingerprint density at radius 2 is 1.73 bits per heavy atom. The van der Waals surface area contributed by atoms with Crippen molar-refractivity contribution in [3.63, 3.8) is 0 Å². The predicted molar refractivity (Wildman–Crippen MR) is 61.6 cm³/mol. The molecule has 84 valence electrons. The van der Waals surface area contributed by atoms with Crippen LogP contribution in [0.4, 0.5) is 5.69 Å². The van der Waals surface area contributed by atoms with E-state index >= 15 is 0 Å². The van der Waals surface area contributed by atoms with E-state index in [1.807, 2.05) is 24.3 Å². The maximum atomic E-state index is 5.58. The van der Waals surface area contributed by atoms with Crippen LogP contribution >= 0.6 is 0 Å². The Morgan fingerprint density at radius 3 is 2.40 bits per heavy atom. The second kappa shape index (κ2) is 7.26. The standard InChI is InChI=1S/C12H19NO2/c1-14-8-2-3-9-15-10-11-4-6-12(13)7-5-11/h4-7H,2-3,8-10,13H2,1H3. The number of hydrogen-bond donors (Lipinski definition) is 1. The van der Waals surface area contributed by atoms with Gasteiger partial charge >= 0.3 is 0 Å². The molecule has 15 heavy (non-hydrogen) atoms. The first kappa shape index (κ1) is 12.0. The summed E-state index contributed by atoms with van der Waals surface area (Å²) in [7, 11) is 1.72. The van der Waals surface area contributed by atoms with Gasteiger partial charge in [-0.2, -0.15) is 0 Å². The lowest BCUT2D eigenvalue weighted by atomic mass is 10.2. The summed E-state index contributed by atoms with van der Waals surface area (Å²) >= 11 is 0. The molecule has 1 aromatic carbocycles. The topological polar surface area (TPSA) is 44.5 Å². The van der Waals surface area contributed by atoms with Crippen LogP contribution in [0.25, 0.3) is 0 Å². The molecule has 0 amide bonds. The van der Waals surface area contributed by atoms with Crippen LogP contribution in [0.3, 0.4) is 0 Å². The van der Waals surface area contributed by atoms with Gasteiger partial charge in [-0.3, -0.25) is 0 Å². The van der Waals surface area contributed by atoms with Gasteiger partial charge < -0.3 is 15.2 Å². The molecule has 2 N–H and O–H groups in total. The number of anilines is 1. The first-order valence-corrected chi connectivity index (χ1v) is 5.24. The number of rotatable bonds is 7. The van der Waals surface area contributed by atoms with Crippen LogP contribution in [0.5, 0.6) is 0 Å². The van der Waals surface area contributed by atoms with Gasteiger partial charge in [0.1, 0.15) is 0 Å². The molecule has 0 heterocycles. The van der Waals surface area contributed by atoms with Crippen LogP contribution in [-0.4, -0.2) is 20.3 Å². The van der Waals surface area contributed by atoms with Crippen molar-refractivity contribution in [2.75, 3.05) is 26.1 Å². The van der Waals surface area contributed by atoms with Crippen molar-refractivity contribution >= 4 is 5.69 Å². The molecule has 3 heteroatoms. The van der Waals surface area contributed by atoms with E-state index in [1.165, 1.54) is 0 Å². The summed E-state index contributed by atoms with van der Waals surface area (Å²) in [5.74, 6) is 0. The zero-order chi connectivity index (χ0) is 10.9. The van der Waals surface area contributed by atoms with Gasteiger partial charge in [0, 0.05) is 26.0 Å². The molecule has 1 aromatic rings. The van der Waals surface area contributed by atoms with Crippen molar-refractivity contribution in [2.24, 2.45) is 0 Å². The molecule has 0 aliphatic rings. The predicted octanol–water partition coefficient (Wildman–Crippen LogP) is 2.21. The smallest absolute Gasteiger partial charge is 0.0716 e. The molecule has 1 rings (SSSR count). The Labute approximate surface area is 91.2 Å². The highest BCUT2D eigenvalue weighted by molar-refractivity contribution is 5.39. The summed E-state index contributed by atoms with van der Waals surface area (Å²) < 4.78 is 10.5. The number of benzene rings is 1. The molecule has 0 aliphatic carbocycles. The van der Waals surface area contributed by atoms with E-state index in [0.29, 0.717) is 6.61 Å². The third-order valence-electron chi connectivity index (χ3n) is 2.14. The minimum absolute atomic E-state index is 0.660. The first-order valence-electron chi connectivity index (χ1n) is 5.24. The molecule has 0 saturated heterocycles. The number of hydrogen-bond acceptors (Lipinski definition) is 3. The van der Waals surface area contributed by atoms with E-state index in [0.717, 1.165) is 37.3 Å². The van der Waals surface area contributed by atoms with Crippen LogP contribution in [-0.2, 0) is 16.1 Å². The molecule has 0 saturated carbocycles. The van der Waals surface area contributed by atoms with Gasteiger partial charge in [0.15, 0.2) is 0 Å². The minimum atomic E-state index is 0.660. The summed E-state index contributed by atoms with van der Waals surface area (Å²) in [6.07, 6.45) is 2.10. The van der Waals surface area contributed by atoms with Gasteiger partial charge in [-0.1, -0.05) is 12.1 Å². The van der Waals surface area contributed by atoms with Gasteiger partial charge in [-0.15, -0.1) is 0 Å². The molecule has 0 atom stereocenters. The lowest BCUT2D eigenvalue weighted by molar-refractivity contribution is 0.108. The Balaban J connectivity index is 2.07. The molecule has 0 aromatic heterocycles. The molecule has 0 bridgehead atoms. The van der Waals surface area contributed by atoms with Gasteiger partial charge in [-0.25, -0.2) is 0 Å². The maximum absolute atomic E-state index is 5.58. The number of ether oxygens (including phenoxy) is 2. The zero-order valence-corrected chi connectivity index (χ0v) is 9.24. The van der Waals surface area contributed by atoms with Crippen LogP contribution in [0, 0.1) is 0 Å². The first-order chi connectivity index (χ1) is 7.33. The van der Waals surface area contributed by atoms with Gasteiger partial charge in [0.05, 0.1) is 6.61 Å². The summed E-state index contributed by atoms with van der Waals surface area (Å²) in [4.78, 5) is 0. The summed E-state index contributed by atoms with van der Waals surface area (Å²) in [5.41, 5.74) is 7.54. The SMILES string of the molecule is COCCCCOCc1ccc(N)cc1. The molecular weight excluding hydrogens is 190 g/mol. The number of nitrogens with two attached hydrogens (primary N) is 1. The molecule has 0 fully saturated rings. The fourth-order valence-corrected chi connectivity index (χ4v) is 1.25. The van der Waals surface area contributed by atoms with Crippen LogP contribution in [0.15, 0.2) is 24.3 Å². The van der Waals surface area contributed by atoms with Crippen molar-refractivity contribution in [3.8, 4) is 0 Å². The maximum Gasteiger partial charge on any atom is 0.0716 e. The fraction of sp³-hybridized carbons (Fsp3) is 0.500. The van der Waals surface area contributed by atoms with Crippen molar-refractivity contribution in [1.29, 1.82) is 0 Å². The second-order valence-electron chi connectivity index (χ2n) is 3.49. The number of unbranched alkanes of at least 4 members (excludes halogenated alkanes) is 1. The average molecular weight is 209 g/mol. The zero-order valence-electron chi connectivity index (χ0n) is 9.24. The molecule has 3 nitrogen and oxygen atoms in total. The van der Waals surface area contributed by atoms with E-state index in [-0.39, 0.29) is 0 Å². The monoisotopic (exact) mass is 209 g/mol. The molecule has 0 unspecified atom stereocenters. The van der Waals surface area contributed by atoms with Crippen LogP contribution < -0.4 is 5.73 Å². The van der Waals surface area contributed by atoms with E-state index in [4.69, 9.17) is 15.2 Å². The van der Waals surface area contributed by atoms with E-state index in [1.54, 1.807) is 7.11 Å². The van der Waals surface area contributed by atoms with Crippen molar-refractivity contribution in [2.45, 2.75) is 19.4 Å². The quantitative estimate of drug-likeness (QED) is 0.553. The van der Waals surface area contributed by atoms with Crippen LogP contribution in [0.2, 0.25) is 0 Å². The lowest BCUT2D eigenvalue weighted by Crippen LogP contribution is -1.98. The highest BCUT2D eigenvalue weighted by Crippen LogP contribution is 2.06. The highest BCUT2D eigenvalue weighted by Gasteiger charge is 1.93. The average Bonchev–Trinajstić information content (AvgIpc) is 2.26. The normalized spacial score (nSPS) is 10.5. The third-order valence-corrected chi connectivity index (χ3v) is 2.14. The largest absolute Gasteiger partial charge is 0.399 e. The van der Waals surface area contributed by atoms with Crippen molar-refractivity contribution in [1.82, 2.24) is 0 Å². The Bertz CT molecular complexity index is 259. The van der Waals surface area contributed by atoms with E-state index < -0.39 is 0 Å². The van der Waals surface area contributed by atoms with Gasteiger partial charge in [0.25, 0.3) is 0 Å². The molecule has 0 spiro atoms. The summed E-state index contributed by atoms with van der Waals surface area (Å²) in [6.45, 7) is 2.26. The summed E-state index contributed by atoms with van der Waals surface area (Å²) in [6, 6.07) is 7.77. The van der Waals surface area contributed by atoms with E-state index in [2.05, 4.69) is 0 Å². The molecule has 0 aliphatic heterocycles. The fourth-order valence-electron chi connectivity index (χ4n) is 1.25. The second-order valence-corrected chi connectivity index (χ2v) is 3.49. The van der Waals surface area contributed by atoms with Crippen LogP contribution in [0.1, 0.15) is 18.4 Å². The Hall–Kier alpha value is -1.06.